The van der Waals surface area contributed by atoms with Crippen molar-refractivity contribution in [2.75, 3.05) is 19.7 Å². The minimum atomic E-state index is -0.285. The molecule has 18 heavy (non-hydrogen) atoms. The molecule has 0 aromatic carbocycles. The first kappa shape index (κ1) is 13.8. The van der Waals surface area contributed by atoms with E-state index in [0.29, 0.717) is 31.7 Å². The Morgan fingerprint density at radius 1 is 1.39 bits per heavy atom. The molecule has 0 unspecified atom stereocenters. The lowest BCUT2D eigenvalue weighted by molar-refractivity contribution is -0.138. The number of ether oxygens (including phenoxy) is 1. The summed E-state index contributed by atoms with van der Waals surface area (Å²) in [5.74, 6) is 0.757. The Morgan fingerprint density at radius 2 is 2.06 bits per heavy atom. The molecule has 4 heteroatoms. The molecule has 0 atom stereocenters. The molecule has 0 radical (unpaired) electrons. The molecule has 1 amide bonds. The van der Waals surface area contributed by atoms with Gasteiger partial charge in [-0.25, -0.2) is 0 Å². The van der Waals surface area contributed by atoms with E-state index in [2.05, 4.69) is 12.2 Å². The lowest BCUT2D eigenvalue weighted by atomic mass is 9.62. The van der Waals surface area contributed by atoms with E-state index in [4.69, 9.17) is 10.5 Å². The predicted octanol–water partition coefficient (Wildman–Crippen LogP) is 1.44. The van der Waals surface area contributed by atoms with Gasteiger partial charge in [0.2, 0.25) is 5.91 Å². The highest BCUT2D eigenvalue weighted by molar-refractivity contribution is 5.83. The summed E-state index contributed by atoms with van der Waals surface area (Å²) in [5.41, 5.74) is 5.46. The first-order valence-corrected chi connectivity index (χ1v) is 7.26. The molecular formula is C14H26N2O2. The smallest absolute Gasteiger partial charge is 0.227 e. The molecule has 2 aliphatic carbocycles. The summed E-state index contributed by atoms with van der Waals surface area (Å²) in [7, 11) is 0. The average molecular weight is 254 g/mol. The second kappa shape index (κ2) is 6.02. The Labute approximate surface area is 110 Å². The Hall–Kier alpha value is -0.610. The van der Waals surface area contributed by atoms with Crippen molar-refractivity contribution < 1.29 is 9.53 Å². The normalized spacial score (nSPS) is 32.2. The van der Waals surface area contributed by atoms with Crippen LogP contribution in [0.3, 0.4) is 0 Å². The highest BCUT2D eigenvalue weighted by Crippen LogP contribution is 2.44. The van der Waals surface area contributed by atoms with Crippen LogP contribution in [0, 0.1) is 11.3 Å². The van der Waals surface area contributed by atoms with Gasteiger partial charge in [0.25, 0.3) is 0 Å². The highest BCUT2D eigenvalue weighted by atomic mass is 16.5. The lowest BCUT2D eigenvalue weighted by Crippen LogP contribution is -2.53. The van der Waals surface area contributed by atoms with Gasteiger partial charge < -0.3 is 15.8 Å². The summed E-state index contributed by atoms with van der Waals surface area (Å²) in [5, 5.41) is 2.98. The van der Waals surface area contributed by atoms with Gasteiger partial charge in [-0.2, -0.15) is 0 Å². The number of nitrogens with two attached hydrogens (primary N) is 1. The van der Waals surface area contributed by atoms with Crippen LogP contribution in [0.25, 0.3) is 0 Å². The van der Waals surface area contributed by atoms with Crippen LogP contribution in [0.1, 0.15) is 45.4 Å². The molecule has 2 fully saturated rings. The molecule has 0 bridgehead atoms. The summed E-state index contributed by atoms with van der Waals surface area (Å²) in [6.07, 6.45) is 7.21. The fourth-order valence-corrected chi connectivity index (χ4v) is 3.35. The summed E-state index contributed by atoms with van der Waals surface area (Å²) in [6.45, 7) is 3.88. The monoisotopic (exact) mass is 254 g/mol. The maximum Gasteiger partial charge on any atom is 0.227 e. The Kier molecular flexibility index (Phi) is 4.62. The van der Waals surface area contributed by atoms with E-state index in [1.165, 1.54) is 25.7 Å². The molecule has 0 spiro atoms. The fourth-order valence-electron chi connectivity index (χ4n) is 3.35. The van der Waals surface area contributed by atoms with Crippen molar-refractivity contribution in [1.82, 2.24) is 5.32 Å². The Morgan fingerprint density at radius 3 is 2.61 bits per heavy atom. The van der Waals surface area contributed by atoms with Crippen molar-refractivity contribution in [2.45, 2.75) is 51.6 Å². The van der Waals surface area contributed by atoms with Crippen LogP contribution in [0.5, 0.6) is 0 Å². The topological polar surface area (TPSA) is 64.4 Å². The summed E-state index contributed by atoms with van der Waals surface area (Å²) < 4.78 is 5.73. The molecule has 0 aromatic rings. The zero-order valence-corrected chi connectivity index (χ0v) is 11.4. The summed E-state index contributed by atoms with van der Waals surface area (Å²) in [6, 6.07) is 0. The van der Waals surface area contributed by atoms with Crippen LogP contribution in [0.2, 0.25) is 0 Å². The first-order valence-electron chi connectivity index (χ1n) is 7.26. The predicted molar refractivity (Wildman–Crippen MR) is 71.1 cm³/mol. The number of carbonyl (C=O) groups is 1. The zero-order chi connectivity index (χ0) is 13.0. The molecular weight excluding hydrogens is 228 g/mol. The highest BCUT2D eigenvalue weighted by Gasteiger charge is 2.46. The van der Waals surface area contributed by atoms with Crippen LogP contribution in [0.4, 0.5) is 0 Å². The van der Waals surface area contributed by atoms with Gasteiger partial charge in [-0.15, -0.1) is 0 Å². The van der Waals surface area contributed by atoms with Gasteiger partial charge in [-0.05, 0) is 31.6 Å². The molecule has 104 valence electrons. The van der Waals surface area contributed by atoms with Gasteiger partial charge in [-0.3, -0.25) is 4.79 Å². The molecule has 2 aliphatic rings. The number of amides is 1. The van der Waals surface area contributed by atoms with Gasteiger partial charge in [0.05, 0.1) is 18.1 Å². The molecule has 2 saturated carbocycles. The molecule has 0 aliphatic heterocycles. The van der Waals surface area contributed by atoms with E-state index < -0.39 is 0 Å². The third-order valence-corrected chi connectivity index (χ3v) is 4.39. The van der Waals surface area contributed by atoms with Crippen molar-refractivity contribution >= 4 is 5.91 Å². The van der Waals surface area contributed by atoms with Crippen molar-refractivity contribution in [3.63, 3.8) is 0 Å². The molecule has 4 nitrogen and oxygen atoms in total. The van der Waals surface area contributed by atoms with Gasteiger partial charge >= 0.3 is 0 Å². The Bertz CT molecular complexity index is 282. The number of carbonyl (C=O) groups excluding carboxylic acids is 1. The maximum absolute atomic E-state index is 12.1. The number of hydrogen-bond donors (Lipinski definition) is 2. The molecule has 2 rings (SSSR count). The van der Waals surface area contributed by atoms with Crippen molar-refractivity contribution in [3.8, 4) is 0 Å². The van der Waals surface area contributed by atoms with Crippen LogP contribution >= 0.6 is 0 Å². The summed E-state index contributed by atoms with van der Waals surface area (Å²) >= 11 is 0. The van der Waals surface area contributed by atoms with Crippen LogP contribution in [0.15, 0.2) is 0 Å². The number of nitrogens with one attached hydrogen (secondary N) is 1. The Balaban J connectivity index is 1.62. The van der Waals surface area contributed by atoms with E-state index in [-0.39, 0.29) is 11.3 Å². The van der Waals surface area contributed by atoms with Gasteiger partial charge in [0.1, 0.15) is 0 Å². The summed E-state index contributed by atoms with van der Waals surface area (Å²) in [4.78, 5) is 12.1. The van der Waals surface area contributed by atoms with E-state index in [1.54, 1.807) is 0 Å². The molecule has 0 saturated heterocycles. The van der Waals surface area contributed by atoms with Crippen molar-refractivity contribution in [1.29, 1.82) is 0 Å². The van der Waals surface area contributed by atoms with Gasteiger partial charge in [0.15, 0.2) is 0 Å². The van der Waals surface area contributed by atoms with E-state index in [9.17, 15) is 4.79 Å². The molecule has 3 N–H and O–H groups in total. The minimum absolute atomic E-state index is 0.123. The van der Waals surface area contributed by atoms with Crippen molar-refractivity contribution in [2.24, 2.45) is 17.1 Å². The molecule has 0 heterocycles. The standard InChI is InChI=1S/C14H26N2O2/c1-11-8-14(9-11,10-15)13(17)16-6-7-18-12-4-2-3-5-12/h11-12H,2-10,15H2,1H3,(H,16,17). The van der Waals surface area contributed by atoms with E-state index >= 15 is 0 Å². The SMILES string of the molecule is CC1CC(CN)(C(=O)NCCOC2CCCC2)C1. The van der Waals surface area contributed by atoms with E-state index in [0.717, 1.165) is 12.8 Å². The van der Waals surface area contributed by atoms with Crippen LogP contribution < -0.4 is 11.1 Å². The molecule has 0 aromatic heterocycles. The zero-order valence-electron chi connectivity index (χ0n) is 11.4. The quantitative estimate of drug-likeness (QED) is 0.705. The lowest BCUT2D eigenvalue weighted by Gasteiger charge is -2.44. The van der Waals surface area contributed by atoms with Crippen molar-refractivity contribution in [3.05, 3.63) is 0 Å². The minimum Gasteiger partial charge on any atom is -0.376 e. The average Bonchev–Trinajstić information content (AvgIpc) is 2.83. The van der Waals surface area contributed by atoms with Gasteiger partial charge in [0, 0.05) is 13.1 Å². The largest absolute Gasteiger partial charge is 0.376 e. The van der Waals surface area contributed by atoms with E-state index in [1.807, 2.05) is 0 Å². The maximum atomic E-state index is 12.1. The first-order chi connectivity index (χ1) is 8.66. The van der Waals surface area contributed by atoms with Crippen LogP contribution in [-0.4, -0.2) is 31.7 Å². The number of rotatable bonds is 6. The van der Waals surface area contributed by atoms with Gasteiger partial charge in [-0.1, -0.05) is 19.8 Å². The van der Waals surface area contributed by atoms with Crippen LogP contribution in [-0.2, 0) is 9.53 Å². The fraction of sp³-hybridized carbons (Fsp3) is 0.929. The second-order valence-corrected chi connectivity index (χ2v) is 6.03. The third kappa shape index (κ3) is 3.04. The second-order valence-electron chi connectivity index (χ2n) is 6.03. The third-order valence-electron chi connectivity index (χ3n) is 4.39. The number of hydrogen-bond acceptors (Lipinski definition) is 3.